The molecule has 0 saturated carbocycles. The van der Waals surface area contributed by atoms with Crippen molar-refractivity contribution in [1.82, 2.24) is 14.5 Å². The summed E-state index contributed by atoms with van der Waals surface area (Å²) in [6.45, 7) is 5.01. The first-order chi connectivity index (χ1) is 7.70. The molecule has 2 unspecified atom stereocenters. The lowest BCUT2D eigenvalue weighted by Gasteiger charge is -2.35. The van der Waals surface area contributed by atoms with Crippen LogP contribution >= 0.6 is 0 Å². The number of imidazole rings is 1. The van der Waals surface area contributed by atoms with Crippen molar-refractivity contribution >= 4 is 0 Å². The van der Waals surface area contributed by atoms with E-state index in [1.165, 1.54) is 0 Å². The first kappa shape index (κ1) is 11.6. The van der Waals surface area contributed by atoms with Gasteiger partial charge in [-0.3, -0.25) is 4.90 Å². The minimum Gasteiger partial charge on any atom is -0.393 e. The molecule has 0 aliphatic carbocycles. The van der Waals surface area contributed by atoms with Gasteiger partial charge >= 0.3 is 0 Å². The third kappa shape index (κ3) is 2.44. The molecule has 2 heterocycles. The number of likely N-dealkylation sites (tertiary alicyclic amines) is 1. The van der Waals surface area contributed by atoms with E-state index in [0.29, 0.717) is 5.92 Å². The topological polar surface area (TPSA) is 41.3 Å². The molecule has 1 fully saturated rings. The fourth-order valence-electron chi connectivity index (χ4n) is 2.39. The van der Waals surface area contributed by atoms with Gasteiger partial charge in [0.15, 0.2) is 0 Å². The molecule has 1 aliphatic heterocycles. The SMILES string of the molecule is CCC1CN(Cc2nccn2C)CCC1O. The van der Waals surface area contributed by atoms with Crippen molar-refractivity contribution in [3.63, 3.8) is 0 Å². The molecule has 2 atom stereocenters. The van der Waals surface area contributed by atoms with E-state index in [9.17, 15) is 5.11 Å². The number of rotatable bonds is 3. The van der Waals surface area contributed by atoms with E-state index < -0.39 is 0 Å². The lowest BCUT2D eigenvalue weighted by atomic mass is 9.92. The number of aromatic nitrogens is 2. The van der Waals surface area contributed by atoms with Gasteiger partial charge in [-0.1, -0.05) is 6.92 Å². The Labute approximate surface area is 96.9 Å². The zero-order valence-corrected chi connectivity index (χ0v) is 10.1. The maximum atomic E-state index is 9.82. The molecule has 0 amide bonds. The molecular weight excluding hydrogens is 202 g/mol. The Morgan fingerprint density at radius 2 is 2.38 bits per heavy atom. The van der Waals surface area contributed by atoms with Gasteiger partial charge in [0.1, 0.15) is 5.82 Å². The molecule has 4 heteroatoms. The number of aryl methyl sites for hydroxylation is 1. The van der Waals surface area contributed by atoms with Crippen molar-refractivity contribution in [3.05, 3.63) is 18.2 Å². The molecule has 1 aromatic rings. The summed E-state index contributed by atoms with van der Waals surface area (Å²) in [5.74, 6) is 1.53. The zero-order valence-electron chi connectivity index (χ0n) is 10.1. The highest BCUT2D eigenvalue weighted by molar-refractivity contribution is 4.92. The Kier molecular flexibility index (Phi) is 3.61. The molecule has 4 nitrogen and oxygen atoms in total. The van der Waals surface area contributed by atoms with E-state index in [0.717, 1.165) is 38.3 Å². The Hall–Kier alpha value is -0.870. The van der Waals surface area contributed by atoms with Gasteiger partial charge in [-0.25, -0.2) is 4.98 Å². The molecule has 0 bridgehead atoms. The van der Waals surface area contributed by atoms with Crippen LogP contribution in [-0.4, -0.2) is 38.8 Å². The molecular formula is C12H21N3O. The van der Waals surface area contributed by atoms with Crippen LogP contribution in [0, 0.1) is 5.92 Å². The highest BCUT2D eigenvalue weighted by Gasteiger charge is 2.26. The first-order valence-corrected chi connectivity index (χ1v) is 6.07. The summed E-state index contributed by atoms with van der Waals surface area (Å²) in [6.07, 6.45) is 5.65. The minimum absolute atomic E-state index is 0.109. The first-order valence-electron chi connectivity index (χ1n) is 6.07. The summed E-state index contributed by atoms with van der Waals surface area (Å²) in [7, 11) is 2.03. The van der Waals surface area contributed by atoms with Crippen molar-refractivity contribution in [2.75, 3.05) is 13.1 Å². The van der Waals surface area contributed by atoms with Crippen LogP contribution in [0.3, 0.4) is 0 Å². The summed E-state index contributed by atoms with van der Waals surface area (Å²) >= 11 is 0. The second-order valence-corrected chi connectivity index (χ2v) is 4.71. The summed E-state index contributed by atoms with van der Waals surface area (Å²) in [5, 5.41) is 9.82. The summed E-state index contributed by atoms with van der Waals surface area (Å²) in [6, 6.07) is 0. The van der Waals surface area contributed by atoms with Crippen LogP contribution in [0.15, 0.2) is 12.4 Å². The van der Waals surface area contributed by atoms with Crippen molar-refractivity contribution < 1.29 is 5.11 Å². The van der Waals surface area contributed by atoms with Crippen molar-refractivity contribution in [1.29, 1.82) is 0 Å². The molecule has 1 aromatic heterocycles. The number of piperidine rings is 1. The predicted molar refractivity (Wildman–Crippen MR) is 62.9 cm³/mol. The van der Waals surface area contributed by atoms with Gasteiger partial charge in [0.2, 0.25) is 0 Å². The largest absolute Gasteiger partial charge is 0.393 e. The molecule has 1 aliphatic rings. The molecule has 2 rings (SSSR count). The number of aliphatic hydroxyl groups excluding tert-OH is 1. The second kappa shape index (κ2) is 4.97. The van der Waals surface area contributed by atoms with Crippen molar-refractivity contribution in [2.24, 2.45) is 13.0 Å². The van der Waals surface area contributed by atoms with E-state index in [1.807, 2.05) is 19.4 Å². The maximum Gasteiger partial charge on any atom is 0.122 e. The summed E-state index contributed by atoms with van der Waals surface area (Å²) < 4.78 is 2.06. The maximum absolute atomic E-state index is 9.82. The number of aliphatic hydroxyl groups is 1. The van der Waals surface area contributed by atoms with E-state index in [4.69, 9.17) is 0 Å². The lowest BCUT2D eigenvalue weighted by Crippen LogP contribution is -2.42. The summed E-state index contributed by atoms with van der Waals surface area (Å²) in [5.41, 5.74) is 0. The number of hydrogen-bond donors (Lipinski definition) is 1. The third-order valence-electron chi connectivity index (χ3n) is 3.59. The normalized spacial score (nSPS) is 27.2. The molecule has 16 heavy (non-hydrogen) atoms. The Balaban J connectivity index is 1.94. The Morgan fingerprint density at radius 3 is 3.00 bits per heavy atom. The molecule has 0 spiro atoms. The van der Waals surface area contributed by atoms with E-state index >= 15 is 0 Å². The molecule has 0 radical (unpaired) electrons. The van der Waals surface area contributed by atoms with Crippen LogP contribution in [0.2, 0.25) is 0 Å². The van der Waals surface area contributed by atoms with Gasteiger partial charge in [-0.05, 0) is 18.8 Å². The van der Waals surface area contributed by atoms with Crippen molar-refractivity contribution in [2.45, 2.75) is 32.4 Å². The van der Waals surface area contributed by atoms with Crippen molar-refractivity contribution in [3.8, 4) is 0 Å². The zero-order chi connectivity index (χ0) is 11.5. The average molecular weight is 223 g/mol. The standard InChI is InChI=1S/C12H21N3O/c1-3-10-8-15(6-4-11(10)16)9-12-13-5-7-14(12)2/h5,7,10-11,16H,3-4,6,8-9H2,1-2H3. The molecule has 1 N–H and O–H groups in total. The monoisotopic (exact) mass is 223 g/mol. The quantitative estimate of drug-likeness (QED) is 0.831. The van der Waals surface area contributed by atoms with Gasteiger partial charge in [-0.2, -0.15) is 0 Å². The van der Waals surface area contributed by atoms with Crippen LogP contribution in [0.25, 0.3) is 0 Å². The van der Waals surface area contributed by atoms with Crippen LogP contribution < -0.4 is 0 Å². The van der Waals surface area contributed by atoms with E-state index in [1.54, 1.807) is 0 Å². The van der Waals surface area contributed by atoms with Crippen LogP contribution in [0.5, 0.6) is 0 Å². The van der Waals surface area contributed by atoms with Gasteiger partial charge in [0.25, 0.3) is 0 Å². The van der Waals surface area contributed by atoms with Gasteiger partial charge < -0.3 is 9.67 Å². The molecule has 0 aromatic carbocycles. The highest BCUT2D eigenvalue weighted by atomic mass is 16.3. The van der Waals surface area contributed by atoms with Gasteiger partial charge in [0.05, 0.1) is 12.6 Å². The highest BCUT2D eigenvalue weighted by Crippen LogP contribution is 2.21. The van der Waals surface area contributed by atoms with Gasteiger partial charge in [0, 0.05) is 32.5 Å². The predicted octanol–water partition coefficient (Wildman–Crippen LogP) is 1.01. The fraction of sp³-hybridized carbons (Fsp3) is 0.750. The van der Waals surface area contributed by atoms with Gasteiger partial charge in [-0.15, -0.1) is 0 Å². The summed E-state index contributed by atoms with van der Waals surface area (Å²) in [4.78, 5) is 6.73. The molecule has 90 valence electrons. The average Bonchev–Trinajstić information content (AvgIpc) is 2.67. The third-order valence-corrected chi connectivity index (χ3v) is 3.59. The fourth-order valence-corrected chi connectivity index (χ4v) is 2.39. The van der Waals surface area contributed by atoms with Crippen LogP contribution in [0.1, 0.15) is 25.6 Å². The number of nitrogens with zero attached hydrogens (tertiary/aromatic N) is 3. The second-order valence-electron chi connectivity index (χ2n) is 4.71. The Morgan fingerprint density at radius 1 is 1.56 bits per heavy atom. The smallest absolute Gasteiger partial charge is 0.122 e. The minimum atomic E-state index is -0.109. The van der Waals surface area contributed by atoms with Crippen LogP contribution in [0.4, 0.5) is 0 Å². The van der Waals surface area contributed by atoms with E-state index in [-0.39, 0.29) is 6.10 Å². The van der Waals surface area contributed by atoms with E-state index in [2.05, 4.69) is 21.4 Å². The van der Waals surface area contributed by atoms with Crippen LogP contribution in [-0.2, 0) is 13.6 Å². The number of hydrogen-bond acceptors (Lipinski definition) is 3. The molecule has 1 saturated heterocycles. The lowest BCUT2D eigenvalue weighted by molar-refractivity contribution is 0.0210. The Bertz CT molecular complexity index is 337.